The standard InChI is InChI=1S/C20H27N3/c1-6-14-9-10-17-18(15(14)7-2)20-19(16(8-3)22-17)21-12-23(20)11-13(4)5/h9-10,12-13H,6-8,11H2,1-5H3. The van der Waals surface area contributed by atoms with Crippen LogP contribution in [0.4, 0.5) is 0 Å². The summed E-state index contributed by atoms with van der Waals surface area (Å²) in [7, 11) is 0. The van der Waals surface area contributed by atoms with Gasteiger partial charge in [-0.3, -0.25) is 4.98 Å². The first kappa shape index (κ1) is 16.0. The van der Waals surface area contributed by atoms with E-state index in [-0.39, 0.29) is 0 Å². The molecule has 0 radical (unpaired) electrons. The van der Waals surface area contributed by atoms with Crippen molar-refractivity contribution in [3.05, 3.63) is 35.3 Å². The summed E-state index contributed by atoms with van der Waals surface area (Å²) in [6, 6.07) is 4.45. The van der Waals surface area contributed by atoms with Crippen LogP contribution >= 0.6 is 0 Å². The van der Waals surface area contributed by atoms with Crippen molar-refractivity contribution in [3.8, 4) is 0 Å². The van der Waals surface area contributed by atoms with Crippen molar-refractivity contribution in [2.24, 2.45) is 5.92 Å². The number of imidazole rings is 1. The molecular weight excluding hydrogens is 282 g/mol. The predicted molar refractivity (Wildman–Crippen MR) is 98.0 cm³/mol. The van der Waals surface area contributed by atoms with Crippen LogP contribution in [-0.2, 0) is 25.8 Å². The molecule has 2 heterocycles. The molecule has 0 saturated carbocycles. The highest BCUT2D eigenvalue weighted by Crippen LogP contribution is 2.31. The zero-order valence-corrected chi connectivity index (χ0v) is 15.0. The highest BCUT2D eigenvalue weighted by molar-refractivity contribution is 6.05. The second-order valence-corrected chi connectivity index (χ2v) is 6.70. The molecule has 122 valence electrons. The van der Waals surface area contributed by atoms with E-state index in [9.17, 15) is 0 Å². The van der Waals surface area contributed by atoms with Crippen molar-refractivity contribution in [2.75, 3.05) is 0 Å². The van der Waals surface area contributed by atoms with Gasteiger partial charge in [0, 0.05) is 11.9 Å². The highest BCUT2D eigenvalue weighted by Gasteiger charge is 2.17. The van der Waals surface area contributed by atoms with Gasteiger partial charge in [-0.1, -0.05) is 40.7 Å². The lowest BCUT2D eigenvalue weighted by atomic mass is 9.96. The molecule has 0 aliphatic rings. The number of aryl methyl sites for hydroxylation is 3. The minimum atomic E-state index is 0.597. The summed E-state index contributed by atoms with van der Waals surface area (Å²) in [6.07, 6.45) is 5.02. The Morgan fingerprint density at radius 2 is 1.83 bits per heavy atom. The molecule has 2 aromatic heterocycles. The predicted octanol–water partition coefficient (Wildman–Crippen LogP) is 4.93. The summed E-state index contributed by atoms with van der Waals surface area (Å²) in [5, 5.41) is 1.32. The molecule has 0 amide bonds. The van der Waals surface area contributed by atoms with Gasteiger partial charge in [-0.25, -0.2) is 4.98 Å². The fourth-order valence-electron chi connectivity index (χ4n) is 3.60. The number of nitrogens with zero attached hydrogens (tertiary/aromatic N) is 3. The average Bonchev–Trinajstić information content (AvgIpc) is 2.95. The van der Waals surface area contributed by atoms with Crippen LogP contribution in [0.3, 0.4) is 0 Å². The zero-order valence-electron chi connectivity index (χ0n) is 15.0. The maximum Gasteiger partial charge on any atom is 0.111 e. The minimum absolute atomic E-state index is 0.597. The third kappa shape index (κ3) is 2.62. The maximum atomic E-state index is 4.92. The summed E-state index contributed by atoms with van der Waals surface area (Å²) >= 11 is 0. The fraction of sp³-hybridized carbons (Fsp3) is 0.500. The Labute approximate surface area is 138 Å². The Morgan fingerprint density at radius 3 is 2.43 bits per heavy atom. The van der Waals surface area contributed by atoms with E-state index in [1.165, 1.54) is 22.0 Å². The second kappa shape index (κ2) is 6.31. The van der Waals surface area contributed by atoms with Crippen molar-refractivity contribution in [3.63, 3.8) is 0 Å². The van der Waals surface area contributed by atoms with Crippen molar-refractivity contribution >= 4 is 21.9 Å². The molecule has 3 rings (SSSR count). The number of aromatic nitrogens is 3. The van der Waals surface area contributed by atoms with E-state index in [2.05, 4.69) is 51.3 Å². The Morgan fingerprint density at radius 1 is 1.04 bits per heavy atom. The number of fused-ring (bicyclic) bond motifs is 3. The number of hydrogen-bond acceptors (Lipinski definition) is 2. The first-order valence-corrected chi connectivity index (χ1v) is 8.88. The lowest BCUT2D eigenvalue weighted by Gasteiger charge is -2.15. The van der Waals surface area contributed by atoms with Gasteiger partial charge in [0.1, 0.15) is 5.52 Å². The van der Waals surface area contributed by atoms with Crippen LogP contribution in [0.25, 0.3) is 21.9 Å². The molecule has 0 unspecified atom stereocenters. The van der Waals surface area contributed by atoms with Crippen molar-refractivity contribution < 1.29 is 0 Å². The molecule has 0 saturated heterocycles. The first-order valence-electron chi connectivity index (χ1n) is 8.88. The van der Waals surface area contributed by atoms with Gasteiger partial charge in [0.25, 0.3) is 0 Å². The number of hydrogen-bond donors (Lipinski definition) is 0. The second-order valence-electron chi connectivity index (χ2n) is 6.70. The zero-order chi connectivity index (χ0) is 16.6. The molecule has 0 atom stereocenters. The third-order valence-electron chi connectivity index (χ3n) is 4.62. The molecule has 0 aliphatic carbocycles. The van der Waals surface area contributed by atoms with Crippen LogP contribution in [-0.4, -0.2) is 14.5 Å². The summed E-state index contributed by atoms with van der Waals surface area (Å²) in [5.74, 6) is 0.597. The van der Waals surface area contributed by atoms with Crippen LogP contribution in [0.1, 0.15) is 51.4 Å². The quantitative estimate of drug-likeness (QED) is 0.669. The fourth-order valence-corrected chi connectivity index (χ4v) is 3.60. The van der Waals surface area contributed by atoms with Crippen LogP contribution in [0.2, 0.25) is 0 Å². The van der Waals surface area contributed by atoms with Gasteiger partial charge >= 0.3 is 0 Å². The number of pyridine rings is 1. The molecule has 1 aromatic carbocycles. The minimum Gasteiger partial charge on any atom is -0.330 e. The SMILES string of the molecule is CCc1ccc2nc(CC)c3ncn(CC(C)C)c3c2c1CC. The van der Waals surface area contributed by atoms with E-state index >= 15 is 0 Å². The number of rotatable bonds is 5. The highest BCUT2D eigenvalue weighted by atomic mass is 15.1. The van der Waals surface area contributed by atoms with Crippen LogP contribution in [0.15, 0.2) is 18.5 Å². The van der Waals surface area contributed by atoms with Crippen molar-refractivity contribution in [2.45, 2.75) is 60.4 Å². The van der Waals surface area contributed by atoms with Crippen LogP contribution in [0, 0.1) is 5.92 Å². The Kier molecular flexibility index (Phi) is 4.38. The maximum absolute atomic E-state index is 4.92. The van der Waals surface area contributed by atoms with Crippen LogP contribution in [0.5, 0.6) is 0 Å². The Hall–Kier alpha value is -1.90. The van der Waals surface area contributed by atoms with Gasteiger partial charge in [-0.05, 0) is 42.4 Å². The van der Waals surface area contributed by atoms with E-state index in [0.29, 0.717) is 5.92 Å². The molecule has 3 nitrogen and oxygen atoms in total. The molecule has 3 aromatic rings. The topological polar surface area (TPSA) is 30.7 Å². The molecule has 0 aliphatic heterocycles. The Bertz CT molecular complexity index is 843. The van der Waals surface area contributed by atoms with Gasteiger partial charge in [0.05, 0.1) is 23.1 Å². The molecule has 0 N–H and O–H groups in total. The summed E-state index contributed by atoms with van der Waals surface area (Å²) in [4.78, 5) is 9.65. The summed E-state index contributed by atoms with van der Waals surface area (Å²) < 4.78 is 2.34. The molecular formula is C20H27N3. The van der Waals surface area contributed by atoms with E-state index in [0.717, 1.165) is 42.5 Å². The summed E-state index contributed by atoms with van der Waals surface area (Å²) in [5.41, 5.74) is 7.48. The van der Waals surface area contributed by atoms with Gasteiger partial charge in [0.15, 0.2) is 0 Å². The van der Waals surface area contributed by atoms with E-state index < -0.39 is 0 Å². The number of benzene rings is 1. The molecule has 3 heteroatoms. The van der Waals surface area contributed by atoms with Crippen molar-refractivity contribution in [1.82, 2.24) is 14.5 Å². The van der Waals surface area contributed by atoms with Gasteiger partial charge in [0.2, 0.25) is 0 Å². The monoisotopic (exact) mass is 309 g/mol. The van der Waals surface area contributed by atoms with Gasteiger partial charge < -0.3 is 4.57 Å². The van der Waals surface area contributed by atoms with E-state index in [4.69, 9.17) is 9.97 Å². The van der Waals surface area contributed by atoms with Crippen molar-refractivity contribution in [1.29, 1.82) is 0 Å². The lowest BCUT2D eigenvalue weighted by molar-refractivity contribution is 0.533. The first-order chi connectivity index (χ1) is 11.1. The van der Waals surface area contributed by atoms with E-state index in [1.54, 1.807) is 0 Å². The Balaban J connectivity index is 2.47. The smallest absolute Gasteiger partial charge is 0.111 e. The molecule has 23 heavy (non-hydrogen) atoms. The molecule has 0 bridgehead atoms. The third-order valence-corrected chi connectivity index (χ3v) is 4.62. The van der Waals surface area contributed by atoms with E-state index in [1.807, 2.05) is 6.33 Å². The molecule has 0 fully saturated rings. The average molecular weight is 309 g/mol. The van der Waals surface area contributed by atoms with Gasteiger partial charge in [-0.2, -0.15) is 0 Å². The normalized spacial score (nSPS) is 11.9. The van der Waals surface area contributed by atoms with Crippen LogP contribution < -0.4 is 0 Å². The largest absolute Gasteiger partial charge is 0.330 e. The lowest BCUT2D eigenvalue weighted by Crippen LogP contribution is -2.05. The molecule has 0 spiro atoms. The van der Waals surface area contributed by atoms with Gasteiger partial charge in [-0.15, -0.1) is 0 Å². The summed E-state index contributed by atoms with van der Waals surface area (Å²) in [6.45, 7) is 12.2.